The summed E-state index contributed by atoms with van der Waals surface area (Å²) in [6.45, 7) is 0. The lowest BCUT2D eigenvalue weighted by Gasteiger charge is -2.31. The number of anilines is 3. The van der Waals surface area contributed by atoms with Crippen LogP contribution in [-0.4, -0.2) is 4.98 Å². The molecule has 0 atom stereocenters. The van der Waals surface area contributed by atoms with E-state index in [-0.39, 0.29) is 0 Å². The van der Waals surface area contributed by atoms with Crippen LogP contribution >= 0.6 is 11.3 Å². The number of aromatic nitrogens is 1. The predicted molar refractivity (Wildman–Crippen MR) is 231 cm³/mol. The van der Waals surface area contributed by atoms with Gasteiger partial charge in [0, 0.05) is 32.9 Å². The average molecular weight is 717 g/mol. The van der Waals surface area contributed by atoms with E-state index in [0.29, 0.717) is 0 Å². The third-order valence-electron chi connectivity index (χ3n) is 11.9. The standard InChI is InChI=1S/C52H32N2S/c1-2-13-33(14-3-1)34-25-27-37(28-26-34)54(51-50-40(29-30-53-51)42-31-35-15-4-5-16-36(35)32-48(42)55-50)47-24-12-23-46-49(47)41-19-8-11-22-45(41)52(46)43-20-9-6-17-38(43)39-18-7-10-21-44(39)52/h1-32H. The lowest BCUT2D eigenvalue weighted by atomic mass is 9.70. The van der Waals surface area contributed by atoms with Gasteiger partial charge in [-0.2, -0.15) is 0 Å². The molecule has 1 spiro atoms. The normalized spacial score (nSPS) is 13.2. The molecular weight excluding hydrogens is 685 g/mol. The summed E-state index contributed by atoms with van der Waals surface area (Å²) in [5.74, 6) is 0.939. The van der Waals surface area contributed by atoms with Crippen molar-refractivity contribution in [2.24, 2.45) is 0 Å². The first-order valence-electron chi connectivity index (χ1n) is 18.9. The van der Waals surface area contributed by atoms with Gasteiger partial charge in [0.2, 0.25) is 0 Å². The summed E-state index contributed by atoms with van der Waals surface area (Å²) in [6.07, 6.45) is 1.99. The minimum atomic E-state index is -0.435. The third-order valence-corrected chi connectivity index (χ3v) is 13.1. The van der Waals surface area contributed by atoms with Crippen molar-refractivity contribution in [2.45, 2.75) is 5.41 Å². The highest BCUT2D eigenvalue weighted by Crippen LogP contribution is 2.64. The summed E-state index contributed by atoms with van der Waals surface area (Å²) in [4.78, 5) is 7.71. The van der Waals surface area contributed by atoms with Crippen molar-refractivity contribution >= 4 is 59.5 Å². The molecule has 0 aliphatic heterocycles. The quantitative estimate of drug-likeness (QED) is 0.180. The fourth-order valence-electron chi connectivity index (χ4n) is 9.65. The summed E-state index contributed by atoms with van der Waals surface area (Å²) in [5.41, 5.74) is 14.6. The number of hydrogen-bond acceptors (Lipinski definition) is 3. The molecule has 55 heavy (non-hydrogen) atoms. The van der Waals surface area contributed by atoms with Crippen molar-refractivity contribution in [3.8, 4) is 33.4 Å². The zero-order chi connectivity index (χ0) is 36.1. The van der Waals surface area contributed by atoms with Crippen LogP contribution in [0.25, 0.3) is 64.3 Å². The molecule has 0 saturated heterocycles. The molecule has 0 amide bonds. The molecule has 2 heterocycles. The van der Waals surface area contributed by atoms with E-state index in [4.69, 9.17) is 4.98 Å². The Kier molecular flexibility index (Phi) is 6.46. The van der Waals surface area contributed by atoms with Crippen molar-refractivity contribution in [3.05, 3.63) is 217 Å². The molecule has 0 fully saturated rings. The molecule has 0 unspecified atom stereocenters. The van der Waals surface area contributed by atoms with E-state index in [2.05, 4.69) is 193 Å². The number of pyridine rings is 1. The van der Waals surface area contributed by atoms with Gasteiger partial charge < -0.3 is 0 Å². The van der Waals surface area contributed by atoms with Crippen LogP contribution < -0.4 is 4.90 Å². The molecule has 8 aromatic carbocycles. The van der Waals surface area contributed by atoms with Gasteiger partial charge in [-0.1, -0.05) is 152 Å². The highest BCUT2D eigenvalue weighted by Gasteiger charge is 2.52. The smallest absolute Gasteiger partial charge is 0.155 e. The summed E-state index contributed by atoms with van der Waals surface area (Å²) in [6, 6.07) is 69.2. The van der Waals surface area contributed by atoms with Crippen LogP contribution in [0.5, 0.6) is 0 Å². The Labute approximate surface area is 323 Å². The van der Waals surface area contributed by atoms with Crippen LogP contribution in [-0.2, 0) is 5.41 Å². The van der Waals surface area contributed by atoms with Crippen molar-refractivity contribution in [1.29, 1.82) is 0 Å². The molecule has 0 saturated carbocycles. The first-order chi connectivity index (χ1) is 27.3. The summed E-state index contributed by atoms with van der Waals surface area (Å²) < 4.78 is 2.44. The number of thiophene rings is 1. The number of benzene rings is 8. The lowest BCUT2D eigenvalue weighted by Crippen LogP contribution is -2.26. The molecule has 0 radical (unpaired) electrons. The molecule has 3 heteroatoms. The zero-order valence-corrected chi connectivity index (χ0v) is 30.6. The molecule has 2 aliphatic rings. The Morgan fingerprint density at radius 2 is 1.04 bits per heavy atom. The SMILES string of the molecule is c1ccc(-c2ccc(N(c3cccc4c3-c3ccccc3C43c4ccccc4-c4ccccc43)c3nccc4c3sc3cc5ccccc5cc34)cc2)cc1. The van der Waals surface area contributed by atoms with Gasteiger partial charge in [-0.05, 0) is 97.2 Å². The van der Waals surface area contributed by atoms with E-state index < -0.39 is 5.41 Å². The maximum Gasteiger partial charge on any atom is 0.155 e. The number of fused-ring (bicyclic) bond motifs is 14. The maximum absolute atomic E-state index is 5.28. The Balaban J connectivity index is 1.16. The van der Waals surface area contributed by atoms with E-state index in [0.717, 1.165) is 17.2 Å². The van der Waals surface area contributed by atoms with Crippen LogP contribution in [0.3, 0.4) is 0 Å². The van der Waals surface area contributed by atoms with Gasteiger partial charge in [0.1, 0.15) is 0 Å². The highest BCUT2D eigenvalue weighted by atomic mass is 32.1. The van der Waals surface area contributed by atoms with Crippen LogP contribution in [0, 0.1) is 0 Å². The molecular formula is C52H32N2S. The van der Waals surface area contributed by atoms with Crippen LogP contribution in [0.15, 0.2) is 194 Å². The monoisotopic (exact) mass is 716 g/mol. The van der Waals surface area contributed by atoms with E-state index in [1.54, 1.807) is 0 Å². The summed E-state index contributed by atoms with van der Waals surface area (Å²) >= 11 is 1.84. The second kappa shape index (κ2) is 11.6. The van der Waals surface area contributed by atoms with Crippen molar-refractivity contribution in [1.82, 2.24) is 4.98 Å². The molecule has 2 aromatic heterocycles. The van der Waals surface area contributed by atoms with Crippen molar-refractivity contribution in [3.63, 3.8) is 0 Å². The molecule has 10 aromatic rings. The van der Waals surface area contributed by atoms with Gasteiger partial charge in [0.05, 0.1) is 15.8 Å². The molecule has 0 bridgehead atoms. The van der Waals surface area contributed by atoms with Crippen molar-refractivity contribution in [2.75, 3.05) is 4.90 Å². The summed E-state index contributed by atoms with van der Waals surface area (Å²) in [5, 5.41) is 5.00. The Morgan fingerprint density at radius 3 is 1.76 bits per heavy atom. The van der Waals surface area contributed by atoms with E-state index in [1.165, 1.54) is 86.6 Å². The molecule has 2 aliphatic carbocycles. The maximum atomic E-state index is 5.28. The molecule has 0 N–H and O–H groups in total. The number of rotatable bonds is 4. The lowest BCUT2D eigenvalue weighted by molar-refractivity contribution is 0.793. The molecule has 2 nitrogen and oxygen atoms in total. The Morgan fingerprint density at radius 1 is 0.455 bits per heavy atom. The number of hydrogen-bond donors (Lipinski definition) is 0. The fraction of sp³-hybridized carbons (Fsp3) is 0.0192. The first kappa shape index (κ1) is 30.6. The summed E-state index contributed by atoms with van der Waals surface area (Å²) in [7, 11) is 0. The Hall–Kier alpha value is -6.81. The van der Waals surface area contributed by atoms with Gasteiger partial charge in [0.15, 0.2) is 5.82 Å². The van der Waals surface area contributed by atoms with Gasteiger partial charge in [0.25, 0.3) is 0 Å². The number of nitrogens with zero attached hydrogens (tertiary/aromatic N) is 2. The highest BCUT2D eigenvalue weighted by molar-refractivity contribution is 7.26. The molecule has 256 valence electrons. The largest absolute Gasteiger partial charge is 0.293 e. The van der Waals surface area contributed by atoms with E-state index in [1.807, 2.05) is 17.5 Å². The van der Waals surface area contributed by atoms with E-state index in [9.17, 15) is 0 Å². The van der Waals surface area contributed by atoms with E-state index >= 15 is 0 Å². The molecule has 12 rings (SSSR count). The minimum absolute atomic E-state index is 0.435. The first-order valence-corrected chi connectivity index (χ1v) is 19.7. The van der Waals surface area contributed by atoms with Crippen LogP contribution in [0.2, 0.25) is 0 Å². The Bertz CT molecular complexity index is 3110. The third kappa shape index (κ3) is 4.22. The van der Waals surface area contributed by atoms with Crippen LogP contribution in [0.4, 0.5) is 17.2 Å². The van der Waals surface area contributed by atoms with Gasteiger partial charge in [-0.15, -0.1) is 11.3 Å². The minimum Gasteiger partial charge on any atom is -0.293 e. The van der Waals surface area contributed by atoms with Gasteiger partial charge in [-0.3, -0.25) is 4.90 Å². The van der Waals surface area contributed by atoms with Gasteiger partial charge >= 0.3 is 0 Å². The predicted octanol–water partition coefficient (Wildman–Crippen LogP) is 14.1. The second-order valence-corrected chi connectivity index (χ2v) is 15.7. The van der Waals surface area contributed by atoms with Crippen LogP contribution in [0.1, 0.15) is 22.3 Å². The second-order valence-electron chi connectivity index (χ2n) is 14.6. The average Bonchev–Trinajstić information content (AvgIpc) is 3.88. The van der Waals surface area contributed by atoms with Gasteiger partial charge in [-0.25, -0.2) is 4.98 Å². The zero-order valence-electron chi connectivity index (χ0n) is 29.8. The topological polar surface area (TPSA) is 16.1 Å². The fourth-order valence-corrected chi connectivity index (χ4v) is 10.9. The van der Waals surface area contributed by atoms with Crippen molar-refractivity contribution < 1.29 is 0 Å².